The van der Waals surface area contributed by atoms with E-state index in [1.165, 1.54) is 0 Å². The summed E-state index contributed by atoms with van der Waals surface area (Å²) >= 11 is 0. The predicted octanol–water partition coefficient (Wildman–Crippen LogP) is 2.35. The summed E-state index contributed by atoms with van der Waals surface area (Å²) in [5.41, 5.74) is 2.27. The molecule has 9 nitrogen and oxygen atoms in total. The second-order valence-electron chi connectivity index (χ2n) is 7.32. The van der Waals surface area contributed by atoms with E-state index < -0.39 is 6.09 Å². The van der Waals surface area contributed by atoms with Crippen molar-refractivity contribution < 1.29 is 14.3 Å². The summed E-state index contributed by atoms with van der Waals surface area (Å²) in [6.45, 7) is 2.79. The van der Waals surface area contributed by atoms with Crippen molar-refractivity contribution in [3.8, 4) is 0 Å². The fourth-order valence-corrected chi connectivity index (χ4v) is 3.68. The minimum atomic E-state index is -0.407. The highest BCUT2D eigenvalue weighted by molar-refractivity contribution is 5.92. The molecule has 1 aliphatic carbocycles. The molecule has 2 amide bonds. The molecule has 9 heteroatoms. The lowest BCUT2D eigenvalue weighted by Crippen LogP contribution is -2.32. The number of aromatic amines is 1. The van der Waals surface area contributed by atoms with Crippen LogP contribution in [0.15, 0.2) is 18.2 Å². The van der Waals surface area contributed by atoms with Crippen LogP contribution in [-0.4, -0.2) is 46.4 Å². The number of H-pyrrole nitrogens is 1. The number of hydrogen-bond donors (Lipinski definition) is 4. The first kappa shape index (κ1) is 18.3. The average Bonchev–Trinajstić information content (AvgIpc) is 3.29. The largest absolute Gasteiger partial charge is 0.446 e. The van der Waals surface area contributed by atoms with Crippen molar-refractivity contribution in [2.45, 2.75) is 44.6 Å². The molecule has 1 aliphatic heterocycles. The second-order valence-corrected chi connectivity index (χ2v) is 7.32. The second kappa shape index (κ2) is 7.87. The van der Waals surface area contributed by atoms with Gasteiger partial charge in [0.05, 0.1) is 0 Å². The molecule has 0 saturated heterocycles. The Labute approximate surface area is 162 Å². The van der Waals surface area contributed by atoms with Crippen LogP contribution in [0.1, 0.15) is 53.3 Å². The standard InChI is InChI=1S/C19H24N6O3/c1-11-7-15-18(26)20-5-2-6-21-19(27)28-13-4-3-12(9-13)14-10-17(25-24-14)23-16(8-11)22-15/h7-8,10,12-13H,2-6,9H2,1H3,(H,20,26)(H,21,27)(H2,22,23,24,25)/t12-,13+/m0/s1. The summed E-state index contributed by atoms with van der Waals surface area (Å²) in [5, 5.41) is 16.1. The Morgan fingerprint density at radius 2 is 1.93 bits per heavy atom. The first-order chi connectivity index (χ1) is 13.6. The van der Waals surface area contributed by atoms with Gasteiger partial charge in [-0.05, 0) is 50.3 Å². The lowest BCUT2D eigenvalue weighted by atomic mass is 10.0. The van der Waals surface area contributed by atoms with Crippen LogP contribution in [0.5, 0.6) is 0 Å². The number of nitrogens with one attached hydrogen (secondary N) is 4. The molecular formula is C19H24N6O3. The van der Waals surface area contributed by atoms with E-state index in [1.807, 2.05) is 19.1 Å². The molecule has 2 atom stereocenters. The number of fused-ring (bicyclic) bond motifs is 7. The van der Waals surface area contributed by atoms with Crippen LogP contribution < -0.4 is 16.0 Å². The summed E-state index contributed by atoms with van der Waals surface area (Å²) in [7, 11) is 0. The van der Waals surface area contributed by atoms with Gasteiger partial charge in [0.1, 0.15) is 17.6 Å². The third-order valence-electron chi connectivity index (χ3n) is 5.06. The van der Waals surface area contributed by atoms with Crippen molar-refractivity contribution in [2.75, 3.05) is 18.4 Å². The van der Waals surface area contributed by atoms with Gasteiger partial charge in [0.15, 0.2) is 5.82 Å². The molecule has 4 N–H and O–H groups in total. The molecule has 3 heterocycles. The number of carbonyl (C=O) groups is 2. The lowest BCUT2D eigenvalue weighted by Gasteiger charge is -2.13. The van der Waals surface area contributed by atoms with Crippen LogP contribution in [0, 0.1) is 6.92 Å². The smallest absolute Gasteiger partial charge is 0.407 e. The topological polar surface area (TPSA) is 121 Å². The number of amides is 2. The van der Waals surface area contributed by atoms with Crippen molar-refractivity contribution >= 4 is 23.6 Å². The van der Waals surface area contributed by atoms with Crippen LogP contribution in [-0.2, 0) is 4.74 Å². The van der Waals surface area contributed by atoms with E-state index in [1.54, 1.807) is 6.07 Å². The van der Waals surface area contributed by atoms with E-state index in [0.29, 0.717) is 36.8 Å². The van der Waals surface area contributed by atoms with E-state index in [9.17, 15) is 9.59 Å². The molecule has 1 saturated carbocycles. The number of anilines is 2. The van der Waals surface area contributed by atoms with Crippen molar-refractivity contribution in [1.82, 2.24) is 25.8 Å². The molecule has 4 rings (SSSR count). The summed E-state index contributed by atoms with van der Waals surface area (Å²) < 4.78 is 5.51. The monoisotopic (exact) mass is 384 g/mol. The van der Waals surface area contributed by atoms with E-state index in [4.69, 9.17) is 4.74 Å². The molecule has 2 aromatic rings. The molecule has 28 heavy (non-hydrogen) atoms. The molecule has 0 unspecified atom stereocenters. The zero-order valence-electron chi connectivity index (χ0n) is 15.7. The molecule has 0 radical (unpaired) electrons. The number of ether oxygens (including phenoxy) is 1. The van der Waals surface area contributed by atoms with Crippen molar-refractivity contribution in [3.63, 3.8) is 0 Å². The number of aryl methyl sites for hydroxylation is 1. The molecule has 148 valence electrons. The van der Waals surface area contributed by atoms with Crippen molar-refractivity contribution in [2.24, 2.45) is 0 Å². The number of alkyl carbamates (subject to hydrolysis) is 1. The number of aromatic nitrogens is 3. The lowest BCUT2D eigenvalue weighted by molar-refractivity contribution is 0.0948. The van der Waals surface area contributed by atoms with Gasteiger partial charge in [-0.25, -0.2) is 9.78 Å². The number of rotatable bonds is 0. The third kappa shape index (κ3) is 4.24. The van der Waals surface area contributed by atoms with Gasteiger partial charge in [-0.1, -0.05) is 0 Å². The Balaban J connectivity index is 1.58. The fraction of sp³-hybridized carbons (Fsp3) is 0.474. The van der Waals surface area contributed by atoms with Gasteiger partial charge >= 0.3 is 6.09 Å². The summed E-state index contributed by atoms with van der Waals surface area (Å²) in [6.07, 6.45) is 2.65. The summed E-state index contributed by atoms with van der Waals surface area (Å²) in [4.78, 5) is 28.7. The maximum absolute atomic E-state index is 12.4. The Hall–Kier alpha value is -3.10. The maximum atomic E-state index is 12.4. The van der Waals surface area contributed by atoms with E-state index in [-0.39, 0.29) is 17.9 Å². The van der Waals surface area contributed by atoms with Gasteiger partial charge in [-0.2, -0.15) is 5.10 Å². The molecular weight excluding hydrogens is 360 g/mol. The highest BCUT2D eigenvalue weighted by Crippen LogP contribution is 2.36. The molecule has 0 aromatic carbocycles. The minimum Gasteiger partial charge on any atom is -0.446 e. The van der Waals surface area contributed by atoms with Gasteiger partial charge < -0.3 is 20.7 Å². The first-order valence-electron chi connectivity index (χ1n) is 9.60. The zero-order chi connectivity index (χ0) is 19.5. The summed E-state index contributed by atoms with van der Waals surface area (Å²) in [5.74, 6) is 1.23. The zero-order valence-corrected chi connectivity index (χ0v) is 15.7. The van der Waals surface area contributed by atoms with Crippen molar-refractivity contribution in [1.29, 1.82) is 0 Å². The van der Waals surface area contributed by atoms with Gasteiger partial charge in [0.2, 0.25) is 0 Å². The van der Waals surface area contributed by atoms with Gasteiger partial charge in [0, 0.05) is 30.8 Å². The Morgan fingerprint density at radius 3 is 2.82 bits per heavy atom. The molecule has 1 fully saturated rings. The van der Waals surface area contributed by atoms with Crippen LogP contribution >= 0.6 is 0 Å². The van der Waals surface area contributed by atoms with Gasteiger partial charge in [0.25, 0.3) is 5.91 Å². The predicted molar refractivity (Wildman–Crippen MR) is 103 cm³/mol. The van der Waals surface area contributed by atoms with E-state index in [0.717, 1.165) is 30.5 Å². The SMILES string of the molecule is Cc1cc2nc(c1)C(=O)NCCCNC(=O)O[C@@H]1CC[C@@H](C1)c1cc(n[nH]1)N2. The Kier molecular flexibility index (Phi) is 5.14. The number of pyridine rings is 1. The molecule has 6 bridgehead atoms. The minimum absolute atomic E-state index is 0.0932. The number of nitrogens with zero attached hydrogens (tertiary/aromatic N) is 2. The normalized spacial score (nSPS) is 22.9. The van der Waals surface area contributed by atoms with E-state index in [2.05, 4.69) is 31.1 Å². The summed E-state index contributed by atoms with van der Waals surface area (Å²) in [6, 6.07) is 5.56. The van der Waals surface area contributed by atoms with Crippen LogP contribution in [0.25, 0.3) is 0 Å². The average molecular weight is 384 g/mol. The fourth-order valence-electron chi connectivity index (χ4n) is 3.68. The van der Waals surface area contributed by atoms with Gasteiger partial charge in [-0.15, -0.1) is 0 Å². The quantitative estimate of drug-likeness (QED) is 0.553. The van der Waals surface area contributed by atoms with Gasteiger partial charge in [-0.3, -0.25) is 9.89 Å². The molecule has 0 spiro atoms. The highest BCUT2D eigenvalue weighted by Gasteiger charge is 2.30. The van der Waals surface area contributed by atoms with Crippen LogP contribution in [0.2, 0.25) is 0 Å². The Morgan fingerprint density at radius 1 is 1.07 bits per heavy atom. The number of carbonyl (C=O) groups excluding carboxylic acids is 2. The van der Waals surface area contributed by atoms with Crippen LogP contribution in [0.3, 0.4) is 0 Å². The molecule has 2 aromatic heterocycles. The Bertz CT molecular complexity index is 880. The number of hydrogen-bond acceptors (Lipinski definition) is 6. The van der Waals surface area contributed by atoms with E-state index >= 15 is 0 Å². The van der Waals surface area contributed by atoms with Crippen molar-refractivity contribution in [3.05, 3.63) is 35.2 Å². The third-order valence-corrected chi connectivity index (χ3v) is 5.06. The highest BCUT2D eigenvalue weighted by atomic mass is 16.6. The first-order valence-corrected chi connectivity index (χ1v) is 9.60. The van der Waals surface area contributed by atoms with Crippen LogP contribution in [0.4, 0.5) is 16.4 Å². The maximum Gasteiger partial charge on any atom is 0.407 e. The molecule has 2 aliphatic rings.